The normalized spacial score (nSPS) is 18.5. The highest BCUT2D eigenvalue weighted by atomic mass is 32.2. The number of rotatable bonds is 8. The zero-order chi connectivity index (χ0) is 43.9. The first kappa shape index (κ1) is 47.5. The highest BCUT2D eigenvalue weighted by molar-refractivity contribution is 7.90. The van der Waals surface area contributed by atoms with Gasteiger partial charge in [0.1, 0.15) is 0 Å². The van der Waals surface area contributed by atoms with Gasteiger partial charge in [-0.05, 0) is 90.3 Å². The van der Waals surface area contributed by atoms with Gasteiger partial charge in [0.25, 0.3) is 0 Å². The van der Waals surface area contributed by atoms with Crippen molar-refractivity contribution in [3.8, 4) is 0 Å². The van der Waals surface area contributed by atoms with Gasteiger partial charge in [0.2, 0.25) is 40.1 Å². The minimum Gasteiger partial charge on any atom is -0.304 e. The Balaban J connectivity index is 1.52. The van der Waals surface area contributed by atoms with Crippen LogP contribution in [-0.4, -0.2) is 153 Å². The van der Waals surface area contributed by atoms with Gasteiger partial charge in [0, 0.05) is 78.5 Å². The monoisotopic (exact) mass is 902 g/mol. The Kier molecular flexibility index (Phi) is 15.9. The second-order valence-electron chi connectivity index (χ2n) is 15.5. The van der Waals surface area contributed by atoms with E-state index in [1.54, 1.807) is 62.6 Å². The largest absolute Gasteiger partial charge is 0.304 e. The van der Waals surface area contributed by atoms with E-state index in [0.717, 1.165) is 22.3 Å². The molecule has 60 heavy (non-hydrogen) atoms. The van der Waals surface area contributed by atoms with Crippen LogP contribution in [0.5, 0.6) is 0 Å². The van der Waals surface area contributed by atoms with Crippen molar-refractivity contribution in [1.29, 1.82) is 0 Å². The molecule has 0 aliphatic carbocycles. The van der Waals surface area contributed by atoms with Gasteiger partial charge in [-0.25, -0.2) is 33.7 Å². The van der Waals surface area contributed by atoms with E-state index in [-0.39, 0.29) is 98.1 Å². The molecule has 0 amide bonds. The number of hydrogen-bond donors (Lipinski definition) is 0. The Morgan fingerprint density at radius 1 is 0.283 bits per heavy atom. The van der Waals surface area contributed by atoms with Crippen LogP contribution in [0.4, 0.5) is 0 Å². The summed E-state index contributed by atoms with van der Waals surface area (Å²) in [6.45, 7) is 7.48. The fourth-order valence-corrected chi connectivity index (χ4v) is 12.3. The molecule has 0 spiro atoms. The molecule has 4 aromatic carbocycles. The van der Waals surface area contributed by atoms with E-state index in [1.807, 2.05) is 37.5 Å². The maximum atomic E-state index is 14.2. The third-order valence-corrected chi connectivity index (χ3v) is 18.4. The summed E-state index contributed by atoms with van der Waals surface area (Å²) in [6.07, 6.45) is 0. The Bertz CT molecular complexity index is 2130. The summed E-state index contributed by atoms with van der Waals surface area (Å²) in [5, 5.41) is 0. The van der Waals surface area contributed by atoms with Gasteiger partial charge in [-0.1, -0.05) is 70.8 Å². The third-order valence-electron chi connectivity index (χ3n) is 10.8. The zero-order valence-electron chi connectivity index (χ0n) is 35.3. The maximum absolute atomic E-state index is 14.2. The molecule has 4 aromatic rings. The summed E-state index contributed by atoms with van der Waals surface area (Å²) >= 11 is 0. The summed E-state index contributed by atoms with van der Waals surface area (Å²) in [7, 11) is -12.9. The SMILES string of the molecule is Cc1ccc(S(=O)(=O)N2CCN(C)CCN(S(=O)(=O)c3ccc(C)cc3)CCN(S(=O)(=O)c3ccc(C)cc3)CCN(C)CCN(S(=O)(=O)c3ccc(C)cc3)CC2)cc1. The van der Waals surface area contributed by atoms with Crippen LogP contribution in [0.25, 0.3) is 0 Å². The average Bonchev–Trinajstić information content (AvgIpc) is 3.19. The van der Waals surface area contributed by atoms with Crippen LogP contribution in [0.1, 0.15) is 22.3 Å². The minimum atomic E-state index is -4.09. The Hall–Kier alpha value is -3.56. The molecule has 328 valence electrons. The van der Waals surface area contributed by atoms with Crippen molar-refractivity contribution < 1.29 is 33.7 Å². The molecule has 1 aliphatic heterocycles. The Morgan fingerprint density at radius 2 is 0.433 bits per heavy atom. The van der Waals surface area contributed by atoms with E-state index in [9.17, 15) is 33.7 Å². The summed E-state index contributed by atoms with van der Waals surface area (Å²) in [5.41, 5.74) is 3.53. The van der Waals surface area contributed by atoms with Crippen molar-refractivity contribution >= 4 is 40.1 Å². The zero-order valence-corrected chi connectivity index (χ0v) is 38.6. The number of sulfonamides is 4. The first-order chi connectivity index (χ1) is 28.2. The molecule has 18 heteroatoms. The van der Waals surface area contributed by atoms with E-state index in [2.05, 4.69) is 0 Å². The highest BCUT2D eigenvalue weighted by Crippen LogP contribution is 2.22. The number of likely N-dealkylation sites (N-methyl/N-ethyl adjacent to an activating group) is 2. The van der Waals surface area contributed by atoms with E-state index in [1.165, 1.54) is 65.8 Å². The van der Waals surface area contributed by atoms with Crippen molar-refractivity contribution in [3.63, 3.8) is 0 Å². The van der Waals surface area contributed by atoms with Gasteiger partial charge >= 0.3 is 0 Å². The van der Waals surface area contributed by atoms with Gasteiger partial charge in [-0.2, -0.15) is 17.2 Å². The van der Waals surface area contributed by atoms with Crippen LogP contribution < -0.4 is 0 Å². The second-order valence-corrected chi connectivity index (χ2v) is 23.2. The molecule has 1 fully saturated rings. The molecule has 5 rings (SSSR count). The van der Waals surface area contributed by atoms with Crippen molar-refractivity contribution in [3.05, 3.63) is 119 Å². The van der Waals surface area contributed by atoms with Crippen LogP contribution in [0, 0.1) is 27.7 Å². The van der Waals surface area contributed by atoms with Gasteiger partial charge in [-0.15, -0.1) is 0 Å². The summed E-state index contributed by atoms with van der Waals surface area (Å²) in [6, 6.07) is 25.9. The lowest BCUT2D eigenvalue weighted by molar-refractivity contribution is 0.236. The third kappa shape index (κ3) is 11.9. The average molecular weight is 903 g/mol. The molecular formula is C42H58N6O8S4. The smallest absolute Gasteiger partial charge is 0.243 e. The molecule has 1 heterocycles. The molecule has 0 unspecified atom stereocenters. The predicted octanol–water partition coefficient (Wildman–Crippen LogP) is 3.86. The summed E-state index contributed by atoms with van der Waals surface area (Å²) in [4.78, 5) is 3.93. The lowest BCUT2D eigenvalue weighted by atomic mass is 10.2. The van der Waals surface area contributed by atoms with Crippen LogP contribution >= 0.6 is 0 Å². The maximum Gasteiger partial charge on any atom is 0.243 e. The molecule has 0 N–H and O–H groups in total. The first-order valence-electron chi connectivity index (χ1n) is 19.9. The molecule has 1 aliphatic rings. The van der Waals surface area contributed by atoms with Gasteiger partial charge in [0.05, 0.1) is 19.6 Å². The standard InChI is InChI=1S/C42H58N6O8S4/c1-35-7-15-39(16-8-35)57(49,50)45-27-23-43(5)24-29-47(59(53,54)41-19-11-37(3)12-20-41)33-34-48(60(55,56)42-21-13-38(4)14-22-42)30-26-44(6)25-28-46(32-31-45)58(51,52)40-17-9-36(2)10-18-40/h7-22H,23-34H2,1-6H3. The van der Waals surface area contributed by atoms with Crippen LogP contribution in [0.15, 0.2) is 117 Å². The van der Waals surface area contributed by atoms with E-state index in [4.69, 9.17) is 0 Å². The van der Waals surface area contributed by atoms with E-state index in [0.29, 0.717) is 0 Å². The molecular weight excluding hydrogens is 845 g/mol. The van der Waals surface area contributed by atoms with Gasteiger partial charge < -0.3 is 9.80 Å². The first-order valence-corrected chi connectivity index (χ1v) is 25.6. The van der Waals surface area contributed by atoms with Crippen molar-refractivity contribution in [1.82, 2.24) is 27.0 Å². The van der Waals surface area contributed by atoms with Crippen LogP contribution in [0.2, 0.25) is 0 Å². The predicted molar refractivity (Wildman–Crippen MR) is 235 cm³/mol. The molecule has 0 saturated carbocycles. The molecule has 0 radical (unpaired) electrons. The number of hydrogen-bond acceptors (Lipinski definition) is 10. The fourth-order valence-electron chi connectivity index (χ4n) is 6.64. The Labute approximate surface area is 358 Å². The lowest BCUT2D eigenvalue weighted by Gasteiger charge is -2.32. The van der Waals surface area contributed by atoms with Crippen molar-refractivity contribution in [2.24, 2.45) is 0 Å². The molecule has 0 bridgehead atoms. The lowest BCUT2D eigenvalue weighted by Crippen LogP contribution is -2.48. The highest BCUT2D eigenvalue weighted by Gasteiger charge is 2.32. The number of aryl methyl sites for hydroxylation is 4. The number of nitrogens with zero attached hydrogens (tertiary/aromatic N) is 6. The summed E-state index contributed by atoms with van der Waals surface area (Å²) in [5.74, 6) is 0. The van der Waals surface area contributed by atoms with Gasteiger partial charge in [-0.3, -0.25) is 0 Å². The fraction of sp³-hybridized carbons (Fsp3) is 0.429. The van der Waals surface area contributed by atoms with Gasteiger partial charge in [0.15, 0.2) is 0 Å². The number of benzene rings is 4. The minimum absolute atomic E-state index is 0.0156. The van der Waals surface area contributed by atoms with E-state index < -0.39 is 40.1 Å². The quantitative estimate of drug-likeness (QED) is 0.255. The molecule has 0 atom stereocenters. The molecule has 0 aromatic heterocycles. The second kappa shape index (κ2) is 20.1. The topological polar surface area (TPSA) is 156 Å². The van der Waals surface area contributed by atoms with E-state index >= 15 is 0 Å². The molecule has 1 saturated heterocycles. The van der Waals surface area contributed by atoms with Crippen LogP contribution in [-0.2, 0) is 40.1 Å². The molecule has 14 nitrogen and oxygen atoms in total. The summed E-state index contributed by atoms with van der Waals surface area (Å²) < 4.78 is 119. The van der Waals surface area contributed by atoms with Crippen LogP contribution in [0.3, 0.4) is 0 Å². The van der Waals surface area contributed by atoms with Crippen molar-refractivity contribution in [2.75, 3.05) is 92.6 Å². The Morgan fingerprint density at radius 3 is 0.600 bits per heavy atom. The van der Waals surface area contributed by atoms with Crippen molar-refractivity contribution in [2.45, 2.75) is 47.3 Å².